The molecule has 0 aliphatic carbocycles. The predicted octanol–water partition coefficient (Wildman–Crippen LogP) is 0.965. The van der Waals surface area contributed by atoms with Crippen LogP contribution in [0.2, 0.25) is 0 Å². The van der Waals surface area contributed by atoms with Gasteiger partial charge in [-0.2, -0.15) is 0 Å². The van der Waals surface area contributed by atoms with Crippen molar-refractivity contribution in [1.29, 1.82) is 0 Å². The van der Waals surface area contributed by atoms with Crippen molar-refractivity contribution in [3.05, 3.63) is 35.4 Å². The SMILES string of the molecule is NC(C(=O)NCc1cccc(C(=O)NCC2CCCO2)c1)C1CCOCC1. The first-order valence-corrected chi connectivity index (χ1v) is 9.73. The van der Waals surface area contributed by atoms with Crippen molar-refractivity contribution in [2.75, 3.05) is 26.4 Å². The molecule has 0 saturated carbocycles. The fraction of sp³-hybridized carbons (Fsp3) is 0.600. The van der Waals surface area contributed by atoms with Crippen LogP contribution >= 0.6 is 0 Å². The lowest BCUT2D eigenvalue weighted by atomic mass is 9.92. The van der Waals surface area contributed by atoms with Gasteiger partial charge in [-0.3, -0.25) is 9.59 Å². The van der Waals surface area contributed by atoms with Crippen molar-refractivity contribution in [1.82, 2.24) is 10.6 Å². The quantitative estimate of drug-likeness (QED) is 0.659. The van der Waals surface area contributed by atoms with Gasteiger partial charge in [0, 0.05) is 38.5 Å². The molecule has 4 N–H and O–H groups in total. The van der Waals surface area contributed by atoms with Crippen molar-refractivity contribution >= 4 is 11.8 Å². The second-order valence-electron chi connectivity index (χ2n) is 7.24. The number of carbonyl (C=O) groups excluding carboxylic acids is 2. The molecule has 2 unspecified atom stereocenters. The summed E-state index contributed by atoms with van der Waals surface area (Å²) >= 11 is 0. The molecule has 2 fully saturated rings. The second-order valence-corrected chi connectivity index (χ2v) is 7.24. The van der Waals surface area contributed by atoms with E-state index in [2.05, 4.69) is 10.6 Å². The predicted molar refractivity (Wildman–Crippen MR) is 101 cm³/mol. The van der Waals surface area contributed by atoms with Gasteiger partial charge in [-0.1, -0.05) is 12.1 Å². The van der Waals surface area contributed by atoms with Crippen molar-refractivity contribution in [3.63, 3.8) is 0 Å². The average Bonchev–Trinajstić information content (AvgIpc) is 3.24. The van der Waals surface area contributed by atoms with Gasteiger partial charge in [0.1, 0.15) is 0 Å². The van der Waals surface area contributed by atoms with E-state index >= 15 is 0 Å². The third-order valence-electron chi connectivity index (χ3n) is 5.25. The molecule has 2 aliphatic rings. The maximum atomic E-state index is 12.3. The zero-order valence-electron chi connectivity index (χ0n) is 15.6. The zero-order valence-corrected chi connectivity index (χ0v) is 15.6. The largest absolute Gasteiger partial charge is 0.381 e. The third kappa shape index (κ3) is 5.76. The molecule has 2 saturated heterocycles. The Hall–Kier alpha value is -1.96. The Morgan fingerprint density at radius 1 is 1.15 bits per heavy atom. The van der Waals surface area contributed by atoms with Crippen LogP contribution in [0.5, 0.6) is 0 Å². The highest BCUT2D eigenvalue weighted by Crippen LogP contribution is 2.18. The first kappa shape index (κ1) is 19.8. The van der Waals surface area contributed by atoms with Crippen LogP contribution in [0.25, 0.3) is 0 Å². The Kier molecular flexibility index (Phi) is 7.20. The molecule has 2 heterocycles. The summed E-state index contributed by atoms with van der Waals surface area (Å²) in [5.41, 5.74) is 7.54. The van der Waals surface area contributed by atoms with Crippen molar-refractivity contribution in [3.8, 4) is 0 Å². The number of amides is 2. The summed E-state index contributed by atoms with van der Waals surface area (Å²) in [4.78, 5) is 24.6. The molecule has 2 aliphatic heterocycles. The van der Waals surface area contributed by atoms with E-state index in [0.29, 0.717) is 31.9 Å². The van der Waals surface area contributed by atoms with Gasteiger partial charge in [0.25, 0.3) is 5.91 Å². The molecular formula is C20H29N3O4. The van der Waals surface area contributed by atoms with Crippen LogP contribution in [0.3, 0.4) is 0 Å². The molecule has 148 valence electrons. The molecule has 3 rings (SSSR count). The van der Waals surface area contributed by atoms with E-state index in [-0.39, 0.29) is 23.8 Å². The van der Waals surface area contributed by atoms with Gasteiger partial charge >= 0.3 is 0 Å². The molecular weight excluding hydrogens is 346 g/mol. The first-order valence-electron chi connectivity index (χ1n) is 9.73. The van der Waals surface area contributed by atoms with Gasteiger partial charge in [-0.15, -0.1) is 0 Å². The van der Waals surface area contributed by atoms with Crippen LogP contribution in [0.15, 0.2) is 24.3 Å². The molecule has 2 atom stereocenters. The Morgan fingerprint density at radius 2 is 1.96 bits per heavy atom. The molecule has 0 spiro atoms. The van der Waals surface area contributed by atoms with E-state index in [1.54, 1.807) is 12.1 Å². The smallest absolute Gasteiger partial charge is 0.251 e. The normalized spacial score (nSPS) is 21.6. The molecule has 2 amide bonds. The number of nitrogens with one attached hydrogen (secondary N) is 2. The summed E-state index contributed by atoms with van der Waals surface area (Å²) in [6.45, 7) is 2.97. The summed E-state index contributed by atoms with van der Waals surface area (Å²) < 4.78 is 10.8. The van der Waals surface area contributed by atoms with Gasteiger partial charge in [-0.25, -0.2) is 0 Å². The molecule has 0 radical (unpaired) electrons. The van der Waals surface area contributed by atoms with Gasteiger partial charge in [0.2, 0.25) is 5.91 Å². The number of rotatable bonds is 7. The number of carbonyl (C=O) groups is 2. The highest BCUT2D eigenvalue weighted by Gasteiger charge is 2.26. The fourth-order valence-electron chi connectivity index (χ4n) is 3.53. The summed E-state index contributed by atoms with van der Waals surface area (Å²) in [6, 6.07) is 6.75. The minimum atomic E-state index is -0.521. The molecule has 7 nitrogen and oxygen atoms in total. The summed E-state index contributed by atoms with van der Waals surface area (Å²) in [5, 5.41) is 5.79. The molecule has 1 aromatic rings. The Balaban J connectivity index is 1.47. The van der Waals surface area contributed by atoms with Crippen LogP contribution in [0, 0.1) is 5.92 Å². The maximum absolute atomic E-state index is 12.3. The molecule has 27 heavy (non-hydrogen) atoms. The van der Waals surface area contributed by atoms with Crippen LogP contribution < -0.4 is 16.4 Å². The Labute approximate surface area is 160 Å². The molecule has 1 aromatic carbocycles. The number of hydrogen-bond donors (Lipinski definition) is 3. The van der Waals surface area contributed by atoms with Crippen LogP contribution in [0.4, 0.5) is 0 Å². The van der Waals surface area contributed by atoms with Gasteiger partial charge in [0.05, 0.1) is 12.1 Å². The second kappa shape index (κ2) is 9.82. The number of ether oxygens (including phenoxy) is 2. The monoisotopic (exact) mass is 375 g/mol. The van der Waals surface area contributed by atoms with Crippen LogP contribution in [-0.2, 0) is 20.8 Å². The summed E-state index contributed by atoms with van der Waals surface area (Å²) in [7, 11) is 0. The lowest BCUT2D eigenvalue weighted by Gasteiger charge is -2.26. The van der Waals surface area contributed by atoms with E-state index in [9.17, 15) is 9.59 Å². The van der Waals surface area contributed by atoms with Crippen LogP contribution in [-0.4, -0.2) is 50.3 Å². The minimum Gasteiger partial charge on any atom is -0.381 e. The highest BCUT2D eigenvalue weighted by atomic mass is 16.5. The van der Waals surface area contributed by atoms with Gasteiger partial charge < -0.3 is 25.8 Å². The first-order chi connectivity index (χ1) is 13.1. The maximum Gasteiger partial charge on any atom is 0.251 e. The summed E-state index contributed by atoms with van der Waals surface area (Å²) in [5.74, 6) is -0.124. The lowest BCUT2D eigenvalue weighted by Crippen LogP contribution is -2.46. The van der Waals surface area contributed by atoms with Crippen molar-refractivity contribution in [2.45, 2.75) is 44.4 Å². The Morgan fingerprint density at radius 3 is 2.70 bits per heavy atom. The average molecular weight is 375 g/mol. The molecule has 7 heteroatoms. The standard InChI is InChI=1S/C20H29N3O4/c21-18(15-6-9-26-10-7-15)20(25)22-12-14-3-1-4-16(11-14)19(24)23-13-17-5-2-8-27-17/h1,3-4,11,15,17-18H,2,5-10,12-13,21H2,(H,22,25)(H,23,24). The Bertz CT molecular complexity index is 640. The van der Waals surface area contributed by atoms with Gasteiger partial charge in [0.15, 0.2) is 0 Å². The third-order valence-corrected chi connectivity index (χ3v) is 5.25. The number of benzene rings is 1. The number of nitrogens with two attached hydrogens (primary N) is 1. The van der Waals surface area contributed by atoms with E-state index in [1.807, 2.05) is 12.1 Å². The van der Waals surface area contributed by atoms with E-state index < -0.39 is 6.04 Å². The molecule has 0 aromatic heterocycles. The van der Waals surface area contributed by atoms with E-state index in [1.165, 1.54) is 0 Å². The fourth-order valence-corrected chi connectivity index (χ4v) is 3.53. The summed E-state index contributed by atoms with van der Waals surface area (Å²) in [6.07, 6.45) is 3.78. The van der Waals surface area contributed by atoms with Gasteiger partial charge in [-0.05, 0) is 49.3 Å². The zero-order chi connectivity index (χ0) is 19.1. The minimum absolute atomic E-state index is 0.114. The van der Waals surface area contributed by atoms with Crippen molar-refractivity contribution < 1.29 is 19.1 Å². The van der Waals surface area contributed by atoms with Crippen LogP contribution in [0.1, 0.15) is 41.6 Å². The highest BCUT2D eigenvalue weighted by molar-refractivity contribution is 5.94. The molecule has 0 bridgehead atoms. The topological polar surface area (TPSA) is 103 Å². The van der Waals surface area contributed by atoms with E-state index in [4.69, 9.17) is 15.2 Å². The number of hydrogen-bond acceptors (Lipinski definition) is 5. The van der Waals surface area contributed by atoms with Crippen molar-refractivity contribution in [2.24, 2.45) is 11.7 Å². The lowest BCUT2D eigenvalue weighted by molar-refractivity contribution is -0.124. The van der Waals surface area contributed by atoms with E-state index in [0.717, 1.165) is 37.9 Å².